The van der Waals surface area contributed by atoms with Crippen LogP contribution in [0.1, 0.15) is 80.5 Å². The molecule has 1 aliphatic heterocycles. The molecule has 3 aromatic rings. The highest BCUT2D eigenvalue weighted by molar-refractivity contribution is 6.02. The number of rotatable bonds is 8. The molecule has 0 spiro atoms. The van der Waals surface area contributed by atoms with E-state index in [0.717, 1.165) is 5.69 Å². The van der Waals surface area contributed by atoms with Gasteiger partial charge < -0.3 is 19.5 Å². The first-order valence-corrected chi connectivity index (χ1v) is 12.2. The minimum atomic E-state index is -0.314. The molecule has 0 radical (unpaired) electrons. The molecule has 2 atom stereocenters. The van der Waals surface area contributed by atoms with Gasteiger partial charge in [0.2, 0.25) is 5.88 Å². The number of carbonyl (C=O) groups is 1. The summed E-state index contributed by atoms with van der Waals surface area (Å²) in [4.78, 5) is 17.3. The van der Waals surface area contributed by atoms with E-state index in [9.17, 15) is 4.79 Å². The van der Waals surface area contributed by atoms with E-state index in [1.165, 1.54) is 10.2 Å². The third-order valence-electron chi connectivity index (χ3n) is 6.07. The highest BCUT2D eigenvalue weighted by Gasteiger charge is 2.34. The molecule has 0 aliphatic carbocycles. The van der Waals surface area contributed by atoms with Crippen LogP contribution in [0.4, 0.5) is 5.82 Å². The summed E-state index contributed by atoms with van der Waals surface area (Å²) in [5, 5.41) is 11.9. The number of nitrogens with one attached hydrogen (secondary N) is 1. The van der Waals surface area contributed by atoms with Crippen LogP contribution in [-0.2, 0) is 28.7 Å². The summed E-state index contributed by atoms with van der Waals surface area (Å²) in [6, 6.07) is 7.58. The number of amides is 1. The molecule has 1 saturated heterocycles. The van der Waals surface area contributed by atoms with Gasteiger partial charge in [-0.1, -0.05) is 13.8 Å². The molecule has 0 saturated carbocycles. The monoisotopic (exact) mass is 496 g/mol. The van der Waals surface area contributed by atoms with Crippen LogP contribution >= 0.6 is 0 Å². The number of aromatic nitrogens is 5. The molecule has 4 rings (SSSR count). The number of pyridine rings is 1. The normalized spacial score (nSPS) is 18.1. The van der Waals surface area contributed by atoms with Crippen LogP contribution in [0.5, 0.6) is 5.88 Å². The van der Waals surface area contributed by atoms with Gasteiger partial charge in [-0.15, -0.1) is 0 Å². The molecular weight excluding hydrogens is 460 g/mol. The zero-order chi connectivity index (χ0) is 26.0. The molecule has 4 heterocycles. The van der Waals surface area contributed by atoms with Crippen molar-refractivity contribution in [2.45, 2.75) is 71.3 Å². The lowest BCUT2D eigenvalue weighted by atomic mass is 10.1. The minimum absolute atomic E-state index is 0.125. The molecule has 2 unspecified atom stereocenters. The second-order valence-electron chi connectivity index (χ2n) is 10.4. The Hall–Kier alpha value is -3.24. The van der Waals surface area contributed by atoms with Crippen molar-refractivity contribution in [3.8, 4) is 5.88 Å². The Morgan fingerprint density at radius 1 is 1.25 bits per heavy atom. The fraction of sp³-hybridized carbons (Fsp3) is 0.538. The van der Waals surface area contributed by atoms with E-state index in [0.29, 0.717) is 48.6 Å². The Morgan fingerprint density at radius 2 is 2.03 bits per heavy atom. The van der Waals surface area contributed by atoms with Gasteiger partial charge in [0, 0.05) is 38.9 Å². The standard InChI is InChI=1S/C26H36N6O4/c1-16(2)17-8-9-27-24(10-17)36-19-12-22(35-15-19)20-13-23(30-32(20)26(3,4)5)28-25(33)21-11-18(14-34-7)29-31(21)6/h8-11,13,16,19,22H,12,14-15H2,1-7H3,(H,28,30,33). The van der Waals surface area contributed by atoms with Gasteiger partial charge in [0.05, 0.1) is 30.1 Å². The second-order valence-corrected chi connectivity index (χ2v) is 10.4. The zero-order valence-corrected chi connectivity index (χ0v) is 22.1. The van der Waals surface area contributed by atoms with E-state index in [2.05, 4.69) is 50.0 Å². The van der Waals surface area contributed by atoms with Crippen molar-refractivity contribution in [2.24, 2.45) is 7.05 Å². The van der Waals surface area contributed by atoms with Gasteiger partial charge in [0.25, 0.3) is 5.91 Å². The Labute approximate surface area is 212 Å². The fourth-order valence-electron chi connectivity index (χ4n) is 4.27. The zero-order valence-electron chi connectivity index (χ0n) is 22.1. The number of hydrogen-bond donors (Lipinski definition) is 1. The van der Waals surface area contributed by atoms with Crippen molar-refractivity contribution in [2.75, 3.05) is 19.0 Å². The molecular formula is C26H36N6O4. The maximum Gasteiger partial charge on any atom is 0.275 e. The smallest absolute Gasteiger partial charge is 0.275 e. The molecule has 0 aromatic carbocycles. The van der Waals surface area contributed by atoms with Gasteiger partial charge in [-0.2, -0.15) is 10.2 Å². The van der Waals surface area contributed by atoms with Crippen LogP contribution in [0.15, 0.2) is 30.5 Å². The number of hydrogen-bond acceptors (Lipinski definition) is 7. The molecule has 194 valence electrons. The molecule has 1 aliphatic rings. The average Bonchev–Trinajstić information content (AvgIpc) is 3.52. The summed E-state index contributed by atoms with van der Waals surface area (Å²) in [5.41, 5.74) is 2.87. The molecule has 1 fully saturated rings. The van der Waals surface area contributed by atoms with Gasteiger partial charge in [0.1, 0.15) is 17.9 Å². The average molecular weight is 497 g/mol. The highest BCUT2D eigenvalue weighted by atomic mass is 16.6. The first-order valence-electron chi connectivity index (χ1n) is 12.2. The van der Waals surface area contributed by atoms with E-state index in [1.807, 2.05) is 22.9 Å². The summed E-state index contributed by atoms with van der Waals surface area (Å²) >= 11 is 0. The lowest BCUT2D eigenvalue weighted by Gasteiger charge is -2.24. The van der Waals surface area contributed by atoms with Crippen molar-refractivity contribution in [3.63, 3.8) is 0 Å². The molecule has 3 aromatic heterocycles. The Kier molecular flexibility index (Phi) is 7.46. The van der Waals surface area contributed by atoms with E-state index in [4.69, 9.17) is 19.3 Å². The Morgan fingerprint density at radius 3 is 2.72 bits per heavy atom. The fourth-order valence-corrected chi connectivity index (χ4v) is 4.27. The summed E-state index contributed by atoms with van der Waals surface area (Å²) in [5.74, 6) is 1.17. The van der Waals surface area contributed by atoms with Crippen molar-refractivity contribution in [1.29, 1.82) is 0 Å². The molecule has 0 bridgehead atoms. The summed E-state index contributed by atoms with van der Waals surface area (Å²) in [7, 11) is 3.32. The maximum absolute atomic E-state index is 13.0. The van der Waals surface area contributed by atoms with Gasteiger partial charge >= 0.3 is 0 Å². The second kappa shape index (κ2) is 10.4. The van der Waals surface area contributed by atoms with Gasteiger partial charge in [0.15, 0.2) is 5.82 Å². The molecule has 1 N–H and O–H groups in total. The third-order valence-corrected chi connectivity index (χ3v) is 6.07. The lowest BCUT2D eigenvalue weighted by Crippen LogP contribution is -2.27. The SMILES string of the molecule is COCc1cc(C(=O)Nc2cc(C3CC(Oc4cc(C(C)C)ccn4)CO3)n(C(C)(C)C)n2)n(C)n1. The summed E-state index contributed by atoms with van der Waals surface area (Å²) < 4.78 is 20.9. The minimum Gasteiger partial charge on any atom is -0.472 e. The number of aryl methyl sites for hydroxylation is 1. The third kappa shape index (κ3) is 5.76. The number of anilines is 1. The quantitative estimate of drug-likeness (QED) is 0.498. The van der Waals surface area contributed by atoms with Crippen LogP contribution in [0, 0.1) is 0 Å². The Bertz CT molecular complexity index is 1210. The predicted molar refractivity (Wildman–Crippen MR) is 135 cm³/mol. The van der Waals surface area contributed by atoms with Crippen LogP contribution in [0.2, 0.25) is 0 Å². The maximum atomic E-state index is 13.0. The summed E-state index contributed by atoms with van der Waals surface area (Å²) in [6.45, 7) is 11.3. The van der Waals surface area contributed by atoms with E-state index in [1.54, 1.807) is 26.4 Å². The predicted octanol–water partition coefficient (Wildman–Crippen LogP) is 4.20. The number of carbonyl (C=O) groups excluding carboxylic acids is 1. The first-order chi connectivity index (χ1) is 17.0. The van der Waals surface area contributed by atoms with Crippen molar-refractivity contribution in [3.05, 3.63) is 53.1 Å². The van der Waals surface area contributed by atoms with Crippen LogP contribution < -0.4 is 10.1 Å². The van der Waals surface area contributed by atoms with Gasteiger partial charge in [-0.05, 0) is 44.4 Å². The topological polar surface area (TPSA) is 105 Å². The number of nitrogens with zero attached hydrogens (tertiary/aromatic N) is 5. The van der Waals surface area contributed by atoms with Crippen molar-refractivity contribution >= 4 is 11.7 Å². The van der Waals surface area contributed by atoms with Crippen LogP contribution in [0.3, 0.4) is 0 Å². The first kappa shape index (κ1) is 25.8. The Balaban J connectivity index is 1.50. The van der Waals surface area contributed by atoms with Crippen molar-refractivity contribution < 1.29 is 19.0 Å². The highest BCUT2D eigenvalue weighted by Crippen LogP contribution is 2.35. The molecule has 1 amide bonds. The van der Waals surface area contributed by atoms with Gasteiger partial charge in [-0.3, -0.25) is 14.2 Å². The number of ether oxygens (including phenoxy) is 3. The molecule has 10 nitrogen and oxygen atoms in total. The van der Waals surface area contributed by atoms with E-state index in [-0.39, 0.29) is 23.7 Å². The van der Waals surface area contributed by atoms with Crippen LogP contribution in [-0.4, -0.2) is 50.3 Å². The molecule has 36 heavy (non-hydrogen) atoms. The van der Waals surface area contributed by atoms with Crippen molar-refractivity contribution in [1.82, 2.24) is 24.5 Å². The number of methoxy groups -OCH3 is 1. The van der Waals surface area contributed by atoms with E-state index >= 15 is 0 Å². The van der Waals surface area contributed by atoms with E-state index < -0.39 is 0 Å². The summed E-state index contributed by atoms with van der Waals surface area (Å²) in [6.07, 6.45) is 2.10. The van der Waals surface area contributed by atoms with Gasteiger partial charge in [-0.25, -0.2) is 4.98 Å². The largest absolute Gasteiger partial charge is 0.472 e. The lowest BCUT2D eigenvalue weighted by molar-refractivity contribution is 0.0850. The molecule has 10 heteroatoms. The van der Waals surface area contributed by atoms with Crippen LogP contribution in [0.25, 0.3) is 0 Å².